The number of ether oxygens (including phenoxy) is 2. The van der Waals surface area contributed by atoms with E-state index in [9.17, 15) is 0 Å². The van der Waals surface area contributed by atoms with E-state index >= 15 is 0 Å². The van der Waals surface area contributed by atoms with E-state index in [1.807, 2.05) is 31.2 Å². The van der Waals surface area contributed by atoms with Crippen LogP contribution in [0.4, 0.5) is 0 Å². The van der Waals surface area contributed by atoms with E-state index in [0.717, 1.165) is 24.5 Å². The topological polar surface area (TPSA) is 30.5 Å². The molecular formula is C17H25NO2. The van der Waals surface area contributed by atoms with E-state index in [-0.39, 0.29) is 5.60 Å². The molecule has 1 heterocycles. The normalized spacial score (nSPS) is 20.5. The third-order valence-electron chi connectivity index (χ3n) is 3.47. The van der Waals surface area contributed by atoms with Gasteiger partial charge in [0.1, 0.15) is 23.7 Å². The van der Waals surface area contributed by atoms with Crippen LogP contribution in [0.5, 0.6) is 11.5 Å². The number of nitrogens with one attached hydrogen (secondary N) is 1. The summed E-state index contributed by atoms with van der Waals surface area (Å²) in [6.45, 7) is 9.94. The highest BCUT2D eigenvalue weighted by Gasteiger charge is 2.33. The minimum absolute atomic E-state index is 0.151. The molecule has 2 rings (SSSR count). The zero-order valence-corrected chi connectivity index (χ0v) is 12.9. The lowest BCUT2D eigenvalue weighted by atomic mass is 9.89. The second kappa shape index (κ2) is 6.31. The first kappa shape index (κ1) is 14.9. The molecule has 0 saturated heterocycles. The molecule has 1 unspecified atom stereocenters. The molecule has 20 heavy (non-hydrogen) atoms. The summed E-state index contributed by atoms with van der Waals surface area (Å²) in [4.78, 5) is 0. The van der Waals surface area contributed by atoms with Gasteiger partial charge in [-0.25, -0.2) is 0 Å². The molecule has 0 amide bonds. The zero-order valence-electron chi connectivity index (χ0n) is 12.9. The van der Waals surface area contributed by atoms with Crippen molar-refractivity contribution in [2.45, 2.75) is 45.8 Å². The molecule has 110 valence electrons. The van der Waals surface area contributed by atoms with E-state index in [2.05, 4.69) is 32.2 Å². The van der Waals surface area contributed by atoms with Gasteiger partial charge >= 0.3 is 0 Å². The molecule has 0 bridgehead atoms. The minimum Gasteiger partial charge on any atom is -0.489 e. The molecule has 3 heteroatoms. The molecule has 3 nitrogen and oxygen atoms in total. The van der Waals surface area contributed by atoms with Crippen molar-refractivity contribution in [2.24, 2.45) is 0 Å². The SMILES string of the molecule is CC=CCOc1ccc2c(c1)OC(C)(C)CC2NCC. The largest absolute Gasteiger partial charge is 0.489 e. The maximum absolute atomic E-state index is 6.10. The molecule has 1 aromatic carbocycles. The van der Waals surface area contributed by atoms with Gasteiger partial charge in [0.2, 0.25) is 0 Å². The van der Waals surface area contributed by atoms with Crippen LogP contribution in [0.25, 0.3) is 0 Å². The summed E-state index contributed by atoms with van der Waals surface area (Å²) in [5.74, 6) is 1.79. The van der Waals surface area contributed by atoms with Gasteiger partial charge in [-0.2, -0.15) is 0 Å². The standard InChI is InChI=1S/C17H25NO2/c1-5-7-10-19-13-8-9-14-15(18-6-2)12-17(3,4)20-16(14)11-13/h5,7-9,11,15,18H,6,10,12H2,1-4H3. The second-order valence-electron chi connectivity index (χ2n) is 5.76. The maximum Gasteiger partial charge on any atom is 0.128 e. The van der Waals surface area contributed by atoms with Crippen molar-refractivity contribution in [3.05, 3.63) is 35.9 Å². The first-order chi connectivity index (χ1) is 9.55. The number of hydrogen-bond acceptors (Lipinski definition) is 3. The summed E-state index contributed by atoms with van der Waals surface area (Å²) in [5, 5.41) is 3.54. The quantitative estimate of drug-likeness (QED) is 0.828. The minimum atomic E-state index is -0.151. The van der Waals surface area contributed by atoms with Crippen LogP contribution in [-0.4, -0.2) is 18.8 Å². The van der Waals surface area contributed by atoms with Crippen molar-refractivity contribution in [1.29, 1.82) is 0 Å². The van der Waals surface area contributed by atoms with Gasteiger partial charge in [-0.15, -0.1) is 0 Å². The molecule has 1 atom stereocenters. The Morgan fingerprint density at radius 1 is 1.45 bits per heavy atom. The number of hydrogen-bond donors (Lipinski definition) is 1. The lowest BCUT2D eigenvalue weighted by Gasteiger charge is -2.38. The fraction of sp³-hybridized carbons (Fsp3) is 0.529. The van der Waals surface area contributed by atoms with Crippen LogP contribution >= 0.6 is 0 Å². The number of benzene rings is 1. The van der Waals surface area contributed by atoms with Gasteiger partial charge in [-0.1, -0.05) is 25.1 Å². The Labute approximate surface area is 122 Å². The van der Waals surface area contributed by atoms with Crippen molar-refractivity contribution in [3.63, 3.8) is 0 Å². The Balaban J connectivity index is 2.22. The summed E-state index contributed by atoms with van der Waals surface area (Å²) in [6.07, 6.45) is 4.96. The highest BCUT2D eigenvalue weighted by molar-refractivity contribution is 5.44. The number of allylic oxidation sites excluding steroid dienone is 1. The Hall–Kier alpha value is -1.48. The van der Waals surface area contributed by atoms with Crippen LogP contribution in [0.15, 0.2) is 30.4 Å². The lowest BCUT2D eigenvalue weighted by molar-refractivity contribution is 0.0661. The summed E-state index contributed by atoms with van der Waals surface area (Å²) >= 11 is 0. The van der Waals surface area contributed by atoms with Gasteiger partial charge in [0.15, 0.2) is 0 Å². The van der Waals surface area contributed by atoms with Crippen LogP contribution < -0.4 is 14.8 Å². The maximum atomic E-state index is 6.10. The van der Waals surface area contributed by atoms with Crippen LogP contribution in [0, 0.1) is 0 Å². The van der Waals surface area contributed by atoms with Gasteiger partial charge in [0.05, 0.1) is 0 Å². The van der Waals surface area contributed by atoms with Gasteiger partial charge in [0, 0.05) is 24.1 Å². The number of rotatable bonds is 5. The van der Waals surface area contributed by atoms with Crippen LogP contribution in [-0.2, 0) is 0 Å². The molecule has 0 fully saturated rings. The monoisotopic (exact) mass is 275 g/mol. The molecule has 0 aliphatic carbocycles. The summed E-state index contributed by atoms with van der Waals surface area (Å²) in [5.41, 5.74) is 1.08. The van der Waals surface area contributed by atoms with Crippen molar-refractivity contribution in [1.82, 2.24) is 5.32 Å². The van der Waals surface area contributed by atoms with Gasteiger partial charge in [-0.3, -0.25) is 0 Å². The number of fused-ring (bicyclic) bond motifs is 1. The Kier molecular flexibility index (Phi) is 4.71. The van der Waals surface area contributed by atoms with Crippen molar-refractivity contribution in [2.75, 3.05) is 13.2 Å². The molecule has 0 radical (unpaired) electrons. The van der Waals surface area contributed by atoms with Crippen molar-refractivity contribution < 1.29 is 9.47 Å². The third-order valence-corrected chi connectivity index (χ3v) is 3.47. The summed E-state index contributed by atoms with van der Waals surface area (Å²) in [6, 6.07) is 6.49. The van der Waals surface area contributed by atoms with Gasteiger partial charge < -0.3 is 14.8 Å². The fourth-order valence-corrected chi connectivity index (χ4v) is 2.59. The van der Waals surface area contributed by atoms with E-state index in [1.54, 1.807) is 0 Å². The molecule has 1 aliphatic rings. The smallest absolute Gasteiger partial charge is 0.128 e. The predicted molar refractivity (Wildman–Crippen MR) is 82.5 cm³/mol. The average Bonchev–Trinajstić information content (AvgIpc) is 2.37. The average molecular weight is 275 g/mol. The van der Waals surface area contributed by atoms with E-state index < -0.39 is 0 Å². The first-order valence-corrected chi connectivity index (χ1v) is 7.36. The van der Waals surface area contributed by atoms with Crippen LogP contribution in [0.1, 0.15) is 45.7 Å². The first-order valence-electron chi connectivity index (χ1n) is 7.36. The van der Waals surface area contributed by atoms with Crippen molar-refractivity contribution >= 4 is 0 Å². The molecule has 0 spiro atoms. The molecular weight excluding hydrogens is 250 g/mol. The summed E-state index contributed by atoms with van der Waals surface area (Å²) in [7, 11) is 0. The van der Waals surface area contributed by atoms with E-state index in [4.69, 9.17) is 9.47 Å². The Bertz CT molecular complexity index is 480. The Morgan fingerprint density at radius 2 is 2.25 bits per heavy atom. The van der Waals surface area contributed by atoms with E-state index in [0.29, 0.717) is 12.6 Å². The molecule has 1 aromatic rings. The highest BCUT2D eigenvalue weighted by atomic mass is 16.5. The van der Waals surface area contributed by atoms with Gasteiger partial charge in [-0.05, 0) is 33.4 Å². The molecule has 1 N–H and O–H groups in total. The molecule has 0 saturated carbocycles. The van der Waals surface area contributed by atoms with Crippen LogP contribution in [0.3, 0.4) is 0 Å². The third kappa shape index (κ3) is 3.54. The molecule has 1 aliphatic heterocycles. The molecule has 0 aromatic heterocycles. The summed E-state index contributed by atoms with van der Waals surface area (Å²) < 4.78 is 11.8. The highest BCUT2D eigenvalue weighted by Crippen LogP contribution is 2.41. The van der Waals surface area contributed by atoms with E-state index in [1.165, 1.54) is 5.56 Å². The second-order valence-corrected chi connectivity index (χ2v) is 5.76. The zero-order chi connectivity index (χ0) is 14.6. The lowest BCUT2D eigenvalue weighted by Crippen LogP contribution is -2.39. The predicted octanol–water partition coefficient (Wildman–Crippen LogP) is 3.85. The van der Waals surface area contributed by atoms with Crippen molar-refractivity contribution in [3.8, 4) is 11.5 Å². The Morgan fingerprint density at radius 3 is 2.95 bits per heavy atom. The van der Waals surface area contributed by atoms with Crippen LogP contribution in [0.2, 0.25) is 0 Å². The fourth-order valence-electron chi connectivity index (χ4n) is 2.59. The van der Waals surface area contributed by atoms with Gasteiger partial charge in [0.25, 0.3) is 0 Å².